The van der Waals surface area contributed by atoms with E-state index in [1.165, 1.54) is 62.8 Å². The highest BCUT2D eigenvalue weighted by Crippen LogP contribution is 2.38. The van der Waals surface area contributed by atoms with Gasteiger partial charge in [-0.15, -0.1) is 0 Å². The predicted molar refractivity (Wildman–Crippen MR) is 86.0 cm³/mol. The van der Waals surface area contributed by atoms with Crippen LogP contribution in [-0.2, 0) is 0 Å². The van der Waals surface area contributed by atoms with Crippen LogP contribution in [0.4, 0.5) is 0 Å². The summed E-state index contributed by atoms with van der Waals surface area (Å²) in [5.41, 5.74) is 3.34. The molecule has 2 saturated carbocycles. The molecule has 21 heavy (non-hydrogen) atoms. The molecule has 2 aliphatic rings. The molecule has 0 aliphatic heterocycles. The zero-order valence-electron chi connectivity index (χ0n) is 13.5. The number of aryl methyl sites for hydroxylation is 1. The van der Waals surface area contributed by atoms with Gasteiger partial charge in [-0.05, 0) is 45.6 Å². The first kappa shape index (κ1) is 14.8. The number of aromatic nitrogens is 1. The SMILES string of the molecule is Cc1cc(C(=O)CNC2CCCCCC2)c(C)n1C1CC1. The highest BCUT2D eigenvalue weighted by atomic mass is 16.1. The standard InChI is InChI=1S/C18H28N2O/c1-13-11-17(14(2)20(13)16-9-10-16)18(21)12-19-15-7-5-3-4-6-8-15/h11,15-16,19H,3-10,12H2,1-2H3. The summed E-state index contributed by atoms with van der Waals surface area (Å²) in [5, 5.41) is 3.50. The second-order valence-corrected chi connectivity index (χ2v) is 6.88. The molecule has 0 bridgehead atoms. The smallest absolute Gasteiger partial charge is 0.178 e. The second-order valence-electron chi connectivity index (χ2n) is 6.88. The summed E-state index contributed by atoms with van der Waals surface area (Å²) in [5.74, 6) is 0.263. The van der Waals surface area contributed by atoms with Crippen LogP contribution in [0.5, 0.6) is 0 Å². The molecule has 3 heteroatoms. The number of Topliss-reactive ketones (excluding diaryl/α,β-unsaturated/α-hetero) is 1. The van der Waals surface area contributed by atoms with E-state index in [-0.39, 0.29) is 5.78 Å². The van der Waals surface area contributed by atoms with Gasteiger partial charge in [0, 0.05) is 29.0 Å². The monoisotopic (exact) mass is 288 g/mol. The Morgan fingerprint density at radius 3 is 2.43 bits per heavy atom. The van der Waals surface area contributed by atoms with Crippen molar-refractivity contribution < 1.29 is 4.79 Å². The van der Waals surface area contributed by atoms with Crippen LogP contribution >= 0.6 is 0 Å². The van der Waals surface area contributed by atoms with Gasteiger partial charge in [-0.3, -0.25) is 4.79 Å². The van der Waals surface area contributed by atoms with Gasteiger partial charge in [0.25, 0.3) is 0 Å². The Morgan fingerprint density at radius 2 is 1.81 bits per heavy atom. The minimum absolute atomic E-state index is 0.263. The number of hydrogen-bond acceptors (Lipinski definition) is 2. The van der Waals surface area contributed by atoms with Crippen molar-refractivity contribution in [3.8, 4) is 0 Å². The van der Waals surface area contributed by atoms with Crippen molar-refractivity contribution in [2.24, 2.45) is 0 Å². The molecule has 1 aromatic heterocycles. The zero-order chi connectivity index (χ0) is 14.8. The second kappa shape index (κ2) is 6.35. The van der Waals surface area contributed by atoms with E-state index in [0.29, 0.717) is 18.6 Å². The summed E-state index contributed by atoms with van der Waals surface area (Å²) in [6, 6.07) is 3.29. The van der Waals surface area contributed by atoms with Gasteiger partial charge in [0.05, 0.1) is 6.54 Å². The van der Waals surface area contributed by atoms with E-state index in [9.17, 15) is 4.79 Å². The number of carbonyl (C=O) groups is 1. The molecule has 0 radical (unpaired) electrons. The molecule has 0 spiro atoms. The fourth-order valence-corrected chi connectivity index (χ4v) is 3.77. The van der Waals surface area contributed by atoms with Crippen molar-refractivity contribution in [1.29, 1.82) is 0 Å². The van der Waals surface area contributed by atoms with Crippen LogP contribution in [0.2, 0.25) is 0 Å². The lowest BCUT2D eigenvalue weighted by molar-refractivity contribution is 0.0985. The third-order valence-corrected chi connectivity index (χ3v) is 5.10. The maximum atomic E-state index is 12.5. The van der Waals surface area contributed by atoms with Gasteiger partial charge in [0.15, 0.2) is 5.78 Å². The summed E-state index contributed by atoms with van der Waals surface area (Å²) >= 11 is 0. The van der Waals surface area contributed by atoms with Crippen LogP contribution < -0.4 is 5.32 Å². The third kappa shape index (κ3) is 3.39. The van der Waals surface area contributed by atoms with E-state index < -0.39 is 0 Å². The molecule has 3 rings (SSSR count). The lowest BCUT2D eigenvalue weighted by atomic mass is 10.1. The number of nitrogens with one attached hydrogen (secondary N) is 1. The highest BCUT2D eigenvalue weighted by Gasteiger charge is 2.28. The van der Waals surface area contributed by atoms with Crippen molar-refractivity contribution in [2.45, 2.75) is 77.3 Å². The Hall–Kier alpha value is -1.09. The van der Waals surface area contributed by atoms with E-state index >= 15 is 0 Å². The molecule has 0 atom stereocenters. The van der Waals surface area contributed by atoms with E-state index in [0.717, 1.165) is 5.56 Å². The minimum atomic E-state index is 0.263. The van der Waals surface area contributed by atoms with Crippen LogP contribution in [0.25, 0.3) is 0 Å². The number of rotatable bonds is 5. The number of hydrogen-bond donors (Lipinski definition) is 1. The highest BCUT2D eigenvalue weighted by molar-refractivity contribution is 5.99. The maximum absolute atomic E-state index is 12.5. The Balaban J connectivity index is 1.61. The molecule has 1 N–H and O–H groups in total. The fraction of sp³-hybridized carbons (Fsp3) is 0.722. The minimum Gasteiger partial charge on any atom is -0.345 e. The largest absolute Gasteiger partial charge is 0.345 e. The first-order valence-electron chi connectivity index (χ1n) is 8.62. The van der Waals surface area contributed by atoms with Crippen molar-refractivity contribution in [3.05, 3.63) is 23.0 Å². The van der Waals surface area contributed by atoms with Gasteiger partial charge in [-0.25, -0.2) is 0 Å². The number of carbonyl (C=O) groups excluding carboxylic acids is 1. The van der Waals surface area contributed by atoms with E-state index in [1.807, 2.05) is 0 Å². The summed E-state index contributed by atoms with van der Waals surface area (Å²) in [4.78, 5) is 12.5. The molecule has 0 amide bonds. The molecular weight excluding hydrogens is 260 g/mol. The molecule has 0 saturated heterocycles. The van der Waals surface area contributed by atoms with Crippen LogP contribution in [-0.4, -0.2) is 22.9 Å². The molecule has 1 aromatic rings. The molecule has 0 unspecified atom stereocenters. The molecule has 0 aromatic carbocycles. The van der Waals surface area contributed by atoms with E-state index in [1.54, 1.807) is 0 Å². The number of nitrogens with zero attached hydrogens (tertiary/aromatic N) is 1. The van der Waals surface area contributed by atoms with Gasteiger partial charge in [0.2, 0.25) is 0 Å². The van der Waals surface area contributed by atoms with Crippen molar-refractivity contribution >= 4 is 5.78 Å². The average molecular weight is 288 g/mol. The Kier molecular flexibility index (Phi) is 4.48. The van der Waals surface area contributed by atoms with Crippen LogP contribution in [0, 0.1) is 13.8 Å². The summed E-state index contributed by atoms with van der Waals surface area (Å²) in [6.07, 6.45) is 10.3. The molecule has 3 nitrogen and oxygen atoms in total. The number of ketones is 1. The fourth-order valence-electron chi connectivity index (χ4n) is 3.77. The molecule has 2 aliphatic carbocycles. The summed E-state index contributed by atoms with van der Waals surface area (Å²) < 4.78 is 2.36. The topological polar surface area (TPSA) is 34.0 Å². The van der Waals surface area contributed by atoms with Crippen molar-refractivity contribution in [3.63, 3.8) is 0 Å². The quantitative estimate of drug-likeness (QED) is 0.658. The Morgan fingerprint density at radius 1 is 1.14 bits per heavy atom. The molecular formula is C18H28N2O. The molecule has 2 fully saturated rings. The van der Waals surface area contributed by atoms with E-state index in [4.69, 9.17) is 0 Å². The van der Waals surface area contributed by atoms with Crippen LogP contribution in [0.1, 0.15) is 79.2 Å². The first-order valence-corrected chi connectivity index (χ1v) is 8.62. The van der Waals surface area contributed by atoms with Crippen molar-refractivity contribution in [1.82, 2.24) is 9.88 Å². The van der Waals surface area contributed by atoms with Gasteiger partial charge in [-0.2, -0.15) is 0 Å². The predicted octanol–water partition coefficient (Wildman–Crippen LogP) is 3.93. The van der Waals surface area contributed by atoms with Gasteiger partial charge in [-0.1, -0.05) is 25.7 Å². The normalized spacial score (nSPS) is 20.5. The zero-order valence-corrected chi connectivity index (χ0v) is 13.5. The Bertz CT molecular complexity index is 506. The van der Waals surface area contributed by atoms with Gasteiger partial charge < -0.3 is 9.88 Å². The summed E-state index contributed by atoms with van der Waals surface area (Å²) in [7, 11) is 0. The van der Waals surface area contributed by atoms with Gasteiger partial charge in [0.1, 0.15) is 0 Å². The third-order valence-electron chi connectivity index (χ3n) is 5.10. The van der Waals surface area contributed by atoms with Crippen LogP contribution in [0.15, 0.2) is 6.07 Å². The maximum Gasteiger partial charge on any atom is 0.178 e. The molecule has 1 heterocycles. The van der Waals surface area contributed by atoms with Crippen molar-refractivity contribution in [2.75, 3.05) is 6.54 Å². The summed E-state index contributed by atoms with van der Waals surface area (Å²) in [6.45, 7) is 4.73. The average Bonchev–Trinajstić information content (AvgIpc) is 3.26. The van der Waals surface area contributed by atoms with E-state index in [2.05, 4.69) is 29.8 Å². The van der Waals surface area contributed by atoms with Gasteiger partial charge >= 0.3 is 0 Å². The van der Waals surface area contributed by atoms with Crippen LogP contribution in [0.3, 0.4) is 0 Å². The molecule has 116 valence electrons. The lowest BCUT2D eigenvalue weighted by Crippen LogP contribution is -2.33. The Labute approximate surface area is 128 Å². The lowest BCUT2D eigenvalue weighted by Gasteiger charge is -2.15. The first-order chi connectivity index (χ1) is 10.2.